The van der Waals surface area contributed by atoms with Gasteiger partial charge in [-0.1, -0.05) is 19.3 Å². The molecule has 1 aliphatic heterocycles. The Morgan fingerprint density at radius 2 is 1.81 bits per heavy atom. The summed E-state index contributed by atoms with van der Waals surface area (Å²) in [6.07, 6.45) is 6.29. The molecule has 0 atom stereocenters. The number of amides is 1. The van der Waals surface area contributed by atoms with Crippen LogP contribution in [0.1, 0.15) is 32.1 Å². The van der Waals surface area contributed by atoms with Crippen molar-refractivity contribution in [2.75, 3.05) is 46.8 Å². The molecule has 1 heterocycles. The maximum atomic E-state index is 12.3. The lowest BCUT2D eigenvalue weighted by Gasteiger charge is -2.34. The van der Waals surface area contributed by atoms with E-state index in [2.05, 4.69) is 17.3 Å². The van der Waals surface area contributed by atoms with Crippen molar-refractivity contribution < 1.29 is 4.79 Å². The number of carbonyl (C=O) groups excluding carboxylic acids is 1. The second kappa shape index (κ2) is 7.94. The van der Waals surface area contributed by atoms with Gasteiger partial charge in [0.05, 0.1) is 6.54 Å². The lowest BCUT2D eigenvalue weighted by Crippen LogP contribution is -2.52. The Kier molecular flexibility index (Phi) is 6.23. The summed E-state index contributed by atoms with van der Waals surface area (Å²) in [6.45, 7) is 3.95. The van der Waals surface area contributed by atoms with Crippen LogP contribution in [0.2, 0.25) is 0 Å². The number of carbonyl (C=O) groups is 1. The number of hydrogen-bond donors (Lipinski definition) is 1. The Morgan fingerprint density at radius 3 is 2.43 bits per heavy atom. The van der Waals surface area contributed by atoms with E-state index in [9.17, 15) is 4.79 Å². The normalized spacial score (nSPS) is 21.1. The Labute approximate surface area is 133 Å². The summed E-state index contributed by atoms with van der Waals surface area (Å²) in [5.74, 6) is 0.179. The second-order valence-electron chi connectivity index (χ2n) is 6.32. The standard InChI is InChI=1S/C15H28N4OS/c1-17-8-10-19(11-9-17)14(20)12-18(2)15(21)16-13-6-4-3-5-7-13/h13H,3-12H2,1-2H3,(H,16,21). The van der Waals surface area contributed by atoms with Crippen molar-refractivity contribution in [1.82, 2.24) is 20.0 Å². The Bertz CT molecular complexity index is 363. The third kappa shape index (κ3) is 5.11. The van der Waals surface area contributed by atoms with E-state index in [1.807, 2.05) is 16.8 Å². The highest BCUT2D eigenvalue weighted by atomic mass is 32.1. The number of likely N-dealkylation sites (N-methyl/N-ethyl adjacent to an activating group) is 2. The summed E-state index contributed by atoms with van der Waals surface area (Å²) >= 11 is 5.43. The predicted octanol–water partition coefficient (Wildman–Crippen LogP) is 0.899. The van der Waals surface area contributed by atoms with Gasteiger partial charge in [-0.3, -0.25) is 4.79 Å². The minimum absolute atomic E-state index is 0.179. The Morgan fingerprint density at radius 1 is 1.19 bits per heavy atom. The molecule has 1 saturated heterocycles. The van der Waals surface area contributed by atoms with Crippen molar-refractivity contribution in [2.24, 2.45) is 0 Å². The van der Waals surface area contributed by atoms with E-state index in [-0.39, 0.29) is 5.91 Å². The molecule has 5 nitrogen and oxygen atoms in total. The molecule has 1 N–H and O–H groups in total. The smallest absolute Gasteiger partial charge is 0.242 e. The molecule has 1 saturated carbocycles. The zero-order valence-corrected chi connectivity index (χ0v) is 14.1. The van der Waals surface area contributed by atoms with Gasteiger partial charge in [0.1, 0.15) is 0 Å². The number of thiocarbonyl (C=S) groups is 1. The van der Waals surface area contributed by atoms with Gasteiger partial charge in [-0.05, 0) is 32.1 Å². The zero-order valence-electron chi connectivity index (χ0n) is 13.3. The van der Waals surface area contributed by atoms with Gasteiger partial charge in [0.15, 0.2) is 5.11 Å². The van der Waals surface area contributed by atoms with E-state index < -0.39 is 0 Å². The van der Waals surface area contributed by atoms with E-state index in [0.717, 1.165) is 26.2 Å². The first kappa shape index (κ1) is 16.5. The summed E-state index contributed by atoms with van der Waals surface area (Å²) < 4.78 is 0. The van der Waals surface area contributed by atoms with Crippen LogP contribution in [-0.4, -0.2) is 78.6 Å². The van der Waals surface area contributed by atoms with Gasteiger partial charge >= 0.3 is 0 Å². The van der Waals surface area contributed by atoms with Crippen LogP contribution in [0.4, 0.5) is 0 Å². The summed E-state index contributed by atoms with van der Waals surface area (Å²) in [4.78, 5) is 18.4. The third-order valence-electron chi connectivity index (χ3n) is 4.51. The van der Waals surface area contributed by atoms with Crippen molar-refractivity contribution in [1.29, 1.82) is 0 Å². The Balaban J connectivity index is 1.73. The number of nitrogens with one attached hydrogen (secondary N) is 1. The summed E-state index contributed by atoms with van der Waals surface area (Å²) in [6, 6.07) is 0.493. The van der Waals surface area contributed by atoms with Crippen LogP contribution < -0.4 is 5.32 Å². The van der Waals surface area contributed by atoms with Crippen LogP contribution in [0, 0.1) is 0 Å². The summed E-state index contributed by atoms with van der Waals surface area (Å²) in [5, 5.41) is 4.12. The minimum Gasteiger partial charge on any atom is -0.360 e. The van der Waals surface area contributed by atoms with Crippen LogP contribution in [0.25, 0.3) is 0 Å². The van der Waals surface area contributed by atoms with Crippen molar-refractivity contribution in [3.8, 4) is 0 Å². The molecule has 0 spiro atoms. The predicted molar refractivity (Wildman–Crippen MR) is 89.3 cm³/mol. The first-order chi connectivity index (χ1) is 10.1. The molecule has 0 aromatic rings. The number of piperazine rings is 1. The average molecular weight is 312 g/mol. The maximum absolute atomic E-state index is 12.3. The molecule has 0 aromatic heterocycles. The zero-order chi connectivity index (χ0) is 15.2. The van der Waals surface area contributed by atoms with E-state index in [0.29, 0.717) is 17.7 Å². The molecular weight excluding hydrogens is 284 g/mol. The third-order valence-corrected chi connectivity index (χ3v) is 4.94. The summed E-state index contributed by atoms with van der Waals surface area (Å²) in [5.41, 5.74) is 0. The van der Waals surface area contributed by atoms with E-state index >= 15 is 0 Å². The number of rotatable bonds is 3. The van der Waals surface area contributed by atoms with Crippen LogP contribution in [-0.2, 0) is 4.79 Å². The van der Waals surface area contributed by atoms with Crippen LogP contribution in [0.3, 0.4) is 0 Å². The molecule has 0 radical (unpaired) electrons. The molecule has 1 aliphatic carbocycles. The highest BCUT2D eigenvalue weighted by Crippen LogP contribution is 2.17. The highest BCUT2D eigenvalue weighted by molar-refractivity contribution is 7.80. The first-order valence-electron chi connectivity index (χ1n) is 8.04. The van der Waals surface area contributed by atoms with Crippen molar-refractivity contribution in [2.45, 2.75) is 38.1 Å². The number of hydrogen-bond acceptors (Lipinski definition) is 3. The Hall–Kier alpha value is -0.880. The molecule has 1 amide bonds. The fraction of sp³-hybridized carbons (Fsp3) is 0.867. The molecule has 6 heteroatoms. The van der Waals surface area contributed by atoms with Gasteiger partial charge in [-0.2, -0.15) is 0 Å². The highest BCUT2D eigenvalue weighted by Gasteiger charge is 2.22. The van der Waals surface area contributed by atoms with Crippen LogP contribution >= 0.6 is 12.2 Å². The largest absolute Gasteiger partial charge is 0.360 e. The van der Waals surface area contributed by atoms with Gasteiger partial charge in [0, 0.05) is 39.3 Å². The molecule has 21 heavy (non-hydrogen) atoms. The molecule has 2 rings (SSSR count). The fourth-order valence-electron chi connectivity index (χ4n) is 2.96. The average Bonchev–Trinajstić information content (AvgIpc) is 2.48. The molecule has 120 valence electrons. The fourth-order valence-corrected chi connectivity index (χ4v) is 3.19. The van der Waals surface area contributed by atoms with Crippen LogP contribution in [0.15, 0.2) is 0 Å². The molecule has 2 aliphatic rings. The van der Waals surface area contributed by atoms with Gasteiger partial charge in [-0.15, -0.1) is 0 Å². The van der Waals surface area contributed by atoms with Gasteiger partial charge in [0.2, 0.25) is 5.91 Å². The summed E-state index contributed by atoms with van der Waals surface area (Å²) in [7, 11) is 4.00. The SMILES string of the molecule is CN1CCN(C(=O)CN(C)C(=S)NC2CCCCC2)CC1. The number of nitrogens with zero attached hydrogens (tertiary/aromatic N) is 3. The molecule has 2 fully saturated rings. The topological polar surface area (TPSA) is 38.8 Å². The van der Waals surface area contributed by atoms with Gasteiger partial charge in [-0.25, -0.2) is 0 Å². The molecule has 0 aromatic carbocycles. The monoisotopic (exact) mass is 312 g/mol. The van der Waals surface area contributed by atoms with Crippen LogP contribution in [0.5, 0.6) is 0 Å². The van der Waals surface area contributed by atoms with Crippen molar-refractivity contribution >= 4 is 23.2 Å². The van der Waals surface area contributed by atoms with E-state index in [1.165, 1.54) is 32.1 Å². The molecular formula is C15H28N4OS. The van der Waals surface area contributed by atoms with E-state index in [4.69, 9.17) is 12.2 Å². The quantitative estimate of drug-likeness (QED) is 0.784. The lowest BCUT2D eigenvalue weighted by molar-refractivity contribution is -0.132. The van der Waals surface area contributed by atoms with Crippen molar-refractivity contribution in [3.05, 3.63) is 0 Å². The van der Waals surface area contributed by atoms with Crippen molar-refractivity contribution in [3.63, 3.8) is 0 Å². The minimum atomic E-state index is 0.179. The van der Waals surface area contributed by atoms with Gasteiger partial charge < -0.3 is 20.0 Å². The van der Waals surface area contributed by atoms with E-state index in [1.54, 1.807) is 0 Å². The lowest BCUT2D eigenvalue weighted by atomic mass is 9.96. The molecule has 0 bridgehead atoms. The molecule has 0 unspecified atom stereocenters. The maximum Gasteiger partial charge on any atom is 0.242 e. The van der Waals surface area contributed by atoms with Gasteiger partial charge in [0.25, 0.3) is 0 Å². The first-order valence-corrected chi connectivity index (χ1v) is 8.45. The second-order valence-corrected chi connectivity index (χ2v) is 6.71.